The van der Waals surface area contributed by atoms with E-state index in [-0.39, 0.29) is 18.5 Å². The molecule has 0 bridgehead atoms. The van der Waals surface area contributed by atoms with Crippen LogP contribution in [0.3, 0.4) is 0 Å². The number of thiophene rings is 1. The summed E-state index contributed by atoms with van der Waals surface area (Å²) in [7, 11) is 6.86. The van der Waals surface area contributed by atoms with Crippen molar-refractivity contribution in [1.29, 1.82) is 0 Å². The molecule has 3 rings (SSSR count). The van der Waals surface area contributed by atoms with Crippen LogP contribution in [0.5, 0.6) is 6.01 Å². The van der Waals surface area contributed by atoms with E-state index in [0.717, 1.165) is 10.6 Å². The summed E-state index contributed by atoms with van der Waals surface area (Å²) < 4.78 is 6.65. The standard InChI is InChI=1S/C16H19N7O2S/c1-22(2)15-18-13(19-16(20-15)25-4)9-17-14(24)11-8-10(21-23(11)3)12-6-5-7-26-12/h5-8H,9H2,1-4H3,(H,17,24). The van der Waals surface area contributed by atoms with Crippen molar-refractivity contribution in [2.75, 3.05) is 26.1 Å². The van der Waals surface area contributed by atoms with Gasteiger partial charge >= 0.3 is 6.01 Å². The number of hydrogen-bond acceptors (Lipinski definition) is 8. The fourth-order valence-corrected chi connectivity index (χ4v) is 2.91. The summed E-state index contributed by atoms with van der Waals surface area (Å²) in [5.74, 6) is 0.616. The number of amides is 1. The first-order chi connectivity index (χ1) is 12.5. The quantitative estimate of drug-likeness (QED) is 0.696. The van der Waals surface area contributed by atoms with Crippen LogP contribution in [0.1, 0.15) is 16.3 Å². The lowest BCUT2D eigenvalue weighted by molar-refractivity contribution is 0.0940. The van der Waals surface area contributed by atoms with Crippen LogP contribution in [0.25, 0.3) is 10.6 Å². The van der Waals surface area contributed by atoms with Gasteiger partial charge in [-0.3, -0.25) is 9.48 Å². The number of carbonyl (C=O) groups is 1. The second-order valence-corrected chi connectivity index (χ2v) is 6.58. The van der Waals surface area contributed by atoms with E-state index in [0.29, 0.717) is 17.5 Å². The molecule has 136 valence electrons. The lowest BCUT2D eigenvalue weighted by atomic mass is 10.3. The van der Waals surface area contributed by atoms with Gasteiger partial charge < -0.3 is 15.0 Å². The van der Waals surface area contributed by atoms with Crippen molar-refractivity contribution < 1.29 is 9.53 Å². The number of aromatic nitrogens is 5. The Balaban J connectivity index is 1.74. The fourth-order valence-electron chi connectivity index (χ4n) is 2.23. The Morgan fingerprint density at radius 2 is 2.15 bits per heavy atom. The molecule has 10 heteroatoms. The highest BCUT2D eigenvalue weighted by Gasteiger charge is 2.16. The zero-order chi connectivity index (χ0) is 18.7. The molecule has 0 aliphatic heterocycles. The lowest BCUT2D eigenvalue weighted by Crippen LogP contribution is -2.26. The van der Waals surface area contributed by atoms with Crippen molar-refractivity contribution >= 4 is 23.2 Å². The van der Waals surface area contributed by atoms with Crippen molar-refractivity contribution in [2.24, 2.45) is 7.05 Å². The molecule has 3 heterocycles. The highest BCUT2D eigenvalue weighted by molar-refractivity contribution is 7.13. The maximum Gasteiger partial charge on any atom is 0.321 e. The van der Waals surface area contributed by atoms with Gasteiger partial charge in [-0.1, -0.05) is 6.07 Å². The normalized spacial score (nSPS) is 10.6. The molecule has 0 radical (unpaired) electrons. The fraction of sp³-hybridized carbons (Fsp3) is 0.312. The van der Waals surface area contributed by atoms with Gasteiger partial charge in [0, 0.05) is 21.1 Å². The van der Waals surface area contributed by atoms with Crippen LogP contribution in [0, 0.1) is 0 Å². The molecule has 3 aromatic heterocycles. The van der Waals surface area contributed by atoms with Gasteiger partial charge in [0.05, 0.1) is 18.5 Å². The second kappa shape index (κ2) is 7.48. The molecule has 0 aromatic carbocycles. The molecule has 0 saturated carbocycles. The monoisotopic (exact) mass is 373 g/mol. The van der Waals surface area contributed by atoms with E-state index in [9.17, 15) is 4.79 Å². The number of methoxy groups -OCH3 is 1. The number of ether oxygens (including phenoxy) is 1. The Morgan fingerprint density at radius 3 is 2.81 bits per heavy atom. The largest absolute Gasteiger partial charge is 0.467 e. The summed E-state index contributed by atoms with van der Waals surface area (Å²) in [5.41, 5.74) is 1.23. The van der Waals surface area contributed by atoms with Gasteiger partial charge in [0.1, 0.15) is 11.4 Å². The summed E-state index contributed by atoms with van der Waals surface area (Å²) >= 11 is 1.58. The maximum absolute atomic E-state index is 12.5. The molecule has 1 amide bonds. The minimum absolute atomic E-state index is 0.151. The molecule has 0 aliphatic rings. The van der Waals surface area contributed by atoms with Gasteiger partial charge in [-0.2, -0.15) is 20.1 Å². The Kier molecular flexibility index (Phi) is 5.12. The van der Waals surface area contributed by atoms with E-state index >= 15 is 0 Å². The van der Waals surface area contributed by atoms with E-state index in [2.05, 4.69) is 25.4 Å². The molecule has 0 atom stereocenters. The molecular weight excluding hydrogens is 354 g/mol. The van der Waals surface area contributed by atoms with Crippen LogP contribution in [-0.2, 0) is 13.6 Å². The van der Waals surface area contributed by atoms with Gasteiger partial charge in [-0.25, -0.2) is 0 Å². The van der Waals surface area contributed by atoms with Crippen LogP contribution in [0.15, 0.2) is 23.6 Å². The molecule has 0 spiro atoms. The molecule has 0 fully saturated rings. The number of carbonyl (C=O) groups excluding carboxylic acids is 1. The Labute approximate surface area is 154 Å². The maximum atomic E-state index is 12.5. The third-order valence-corrected chi connectivity index (χ3v) is 4.42. The summed E-state index contributed by atoms with van der Waals surface area (Å²) in [4.78, 5) is 27.9. The molecule has 3 aromatic rings. The highest BCUT2D eigenvalue weighted by Crippen LogP contribution is 2.23. The lowest BCUT2D eigenvalue weighted by Gasteiger charge is -2.12. The third kappa shape index (κ3) is 3.80. The van der Waals surface area contributed by atoms with Gasteiger partial charge in [0.2, 0.25) is 5.95 Å². The van der Waals surface area contributed by atoms with Gasteiger partial charge in [-0.05, 0) is 17.5 Å². The molecule has 0 saturated heterocycles. The van der Waals surface area contributed by atoms with Crippen molar-refractivity contribution in [2.45, 2.75) is 6.54 Å². The number of nitrogens with one attached hydrogen (secondary N) is 1. The summed E-state index contributed by atoms with van der Waals surface area (Å²) in [6, 6.07) is 5.88. The summed E-state index contributed by atoms with van der Waals surface area (Å²) in [5, 5.41) is 9.17. The minimum Gasteiger partial charge on any atom is -0.467 e. The number of rotatable bonds is 6. The zero-order valence-electron chi connectivity index (χ0n) is 14.9. The first kappa shape index (κ1) is 17.8. The van der Waals surface area contributed by atoms with Crippen LogP contribution in [0.4, 0.5) is 5.95 Å². The van der Waals surface area contributed by atoms with Gasteiger partial charge in [0.15, 0.2) is 5.82 Å². The summed E-state index contributed by atoms with van der Waals surface area (Å²) in [6.45, 7) is 0.151. The van der Waals surface area contributed by atoms with Crippen molar-refractivity contribution in [1.82, 2.24) is 30.0 Å². The van der Waals surface area contributed by atoms with Crippen LogP contribution in [-0.4, -0.2) is 51.8 Å². The molecule has 9 nitrogen and oxygen atoms in total. The Morgan fingerprint density at radius 1 is 1.35 bits per heavy atom. The first-order valence-corrected chi connectivity index (χ1v) is 8.68. The Bertz CT molecular complexity index is 905. The SMILES string of the molecule is COc1nc(CNC(=O)c2cc(-c3cccs3)nn2C)nc(N(C)C)n1. The van der Waals surface area contributed by atoms with Crippen LogP contribution >= 0.6 is 11.3 Å². The predicted octanol–water partition coefficient (Wildman–Crippen LogP) is 1.34. The molecule has 1 N–H and O–H groups in total. The van der Waals surface area contributed by atoms with Gasteiger partial charge in [-0.15, -0.1) is 11.3 Å². The van der Waals surface area contributed by atoms with Crippen molar-refractivity contribution in [3.8, 4) is 16.6 Å². The highest BCUT2D eigenvalue weighted by atomic mass is 32.1. The van der Waals surface area contributed by atoms with E-state index in [1.165, 1.54) is 7.11 Å². The first-order valence-electron chi connectivity index (χ1n) is 7.80. The van der Waals surface area contributed by atoms with Crippen molar-refractivity contribution in [3.63, 3.8) is 0 Å². The molecule has 0 aliphatic carbocycles. The molecule has 26 heavy (non-hydrogen) atoms. The van der Waals surface area contributed by atoms with Crippen LogP contribution < -0.4 is 15.0 Å². The van der Waals surface area contributed by atoms with Crippen LogP contribution in [0.2, 0.25) is 0 Å². The molecule has 0 unspecified atom stereocenters. The van der Waals surface area contributed by atoms with Crippen molar-refractivity contribution in [3.05, 3.63) is 35.1 Å². The number of hydrogen-bond donors (Lipinski definition) is 1. The average molecular weight is 373 g/mol. The van der Waals surface area contributed by atoms with E-state index in [1.54, 1.807) is 34.0 Å². The Hall–Kier alpha value is -3.01. The average Bonchev–Trinajstić information content (AvgIpc) is 3.28. The number of nitrogens with zero attached hydrogens (tertiary/aromatic N) is 6. The molecular formula is C16H19N7O2S. The predicted molar refractivity (Wildman–Crippen MR) is 98.4 cm³/mol. The summed E-state index contributed by atoms with van der Waals surface area (Å²) in [6.07, 6.45) is 0. The van der Waals surface area contributed by atoms with Gasteiger partial charge in [0.25, 0.3) is 5.91 Å². The van der Waals surface area contributed by atoms with E-state index in [4.69, 9.17) is 4.74 Å². The van der Waals surface area contributed by atoms with E-state index in [1.807, 2.05) is 31.6 Å². The number of anilines is 1. The topological polar surface area (TPSA) is 98.1 Å². The second-order valence-electron chi connectivity index (χ2n) is 5.63. The third-order valence-electron chi connectivity index (χ3n) is 3.53. The van der Waals surface area contributed by atoms with E-state index < -0.39 is 0 Å². The number of aryl methyl sites for hydroxylation is 1. The zero-order valence-corrected chi connectivity index (χ0v) is 15.7. The smallest absolute Gasteiger partial charge is 0.321 e. The minimum atomic E-state index is -0.256.